The molecule has 0 fully saturated rings. The maximum atomic E-state index is 13.5. The largest absolute Gasteiger partial charge is 0.492 e. The van der Waals surface area contributed by atoms with E-state index in [2.05, 4.69) is 5.32 Å². The van der Waals surface area contributed by atoms with E-state index in [-0.39, 0.29) is 11.3 Å². The van der Waals surface area contributed by atoms with E-state index in [1.807, 2.05) is 13.0 Å². The molecule has 3 aromatic carbocycles. The molecule has 4 rings (SSSR count). The molecule has 0 aromatic heterocycles. The molecule has 2 amide bonds. The molecule has 0 atom stereocenters. The standard InChI is InChI=1S/C24H19FN2O3/c1-2-30-20-11-7-6-10-19(20)26-22-21(16-12-14-17(25)15-13-16)23(28)27(24(22)29)18-8-4-3-5-9-18/h3-15,26H,2H2,1H3. The Morgan fingerprint density at radius 3 is 2.23 bits per heavy atom. The Labute approximate surface area is 173 Å². The molecule has 30 heavy (non-hydrogen) atoms. The Bertz CT molecular complexity index is 1120. The molecule has 0 radical (unpaired) electrons. The van der Waals surface area contributed by atoms with Gasteiger partial charge >= 0.3 is 0 Å². The normalized spacial score (nSPS) is 13.7. The van der Waals surface area contributed by atoms with Crippen LogP contribution in [-0.4, -0.2) is 18.4 Å². The Morgan fingerprint density at radius 2 is 1.53 bits per heavy atom. The van der Waals surface area contributed by atoms with Crippen molar-refractivity contribution in [1.82, 2.24) is 0 Å². The van der Waals surface area contributed by atoms with Gasteiger partial charge in [-0.25, -0.2) is 9.29 Å². The van der Waals surface area contributed by atoms with Crippen molar-refractivity contribution in [2.24, 2.45) is 0 Å². The van der Waals surface area contributed by atoms with Crippen LogP contribution in [0.5, 0.6) is 5.75 Å². The Morgan fingerprint density at radius 1 is 0.867 bits per heavy atom. The molecule has 5 nitrogen and oxygen atoms in total. The van der Waals surface area contributed by atoms with E-state index in [0.29, 0.717) is 29.3 Å². The van der Waals surface area contributed by atoms with Gasteiger partial charge in [-0.15, -0.1) is 0 Å². The first kappa shape index (κ1) is 19.4. The molecule has 0 spiro atoms. The molecule has 0 bridgehead atoms. The van der Waals surface area contributed by atoms with Gasteiger partial charge in [0.2, 0.25) is 0 Å². The lowest BCUT2D eigenvalue weighted by Gasteiger charge is -2.16. The van der Waals surface area contributed by atoms with Gasteiger partial charge in [0, 0.05) is 0 Å². The summed E-state index contributed by atoms with van der Waals surface area (Å²) in [7, 11) is 0. The Kier molecular flexibility index (Phi) is 5.30. The zero-order valence-corrected chi connectivity index (χ0v) is 16.3. The van der Waals surface area contributed by atoms with Gasteiger partial charge in [-0.3, -0.25) is 9.59 Å². The van der Waals surface area contributed by atoms with E-state index >= 15 is 0 Å². The number of para-hydroxylation sites is 3. The second kappa shape index (κ2) is 8.21. The van der Waals surface area contributed by atoms with Gasteiger partial charge in [0.1, 0.15) is 17.3 Å². The number of carbonyl (C=O) groups excluding carboxylic acids is 2. The summed E-state index contributed by atoms with van der Waals surface area (Å²) >= 11 is 0. The lowest BCUT2D eigenvalue weighted by molar-refractivity contribution is -0.120. The minimum atomic E-state index is -0.489. The van der Waals surface area contributed by atoms with Crippen molar-refractivity contribution >= 4 is 28.8 Å². The number of imide groups is 1. The number of nitrogens with one attached hydrogen (secondary N) is 1. The van der Waals surface area contributed by atoms with Crippen LogP contribution in [0.15, 0.2) is 84.6 Å². The molecular formula is C24H19FN2O3. The van der Waals surface area contributed by atoms with Crippen molar-refractivity contribution in [1.29, 1.82) is 0 Å². The van der Waals surface area contributed by atoms with Crippen LogP contribution in [0.25, 0.3) is 5.57 Å². The molecule has 0 unspecified atom stereocenters. The summed E-state index contributed by atoms with van der Waals surface area (Å²) in [4.78, 5) is 27.7. The van der Waals surface area contributed by atoms with Crippen LogP contribution in [0.4, 0.5) is 15.8 Å². The van der Waals surface area contributed by atoms with Crippen molar-refractivity contribution in [2.75, 3.05) is 16.8 Å². The van der Waals surface area contributed by atoms with Gasteiger partial charge in [-0.05, 0) is 48.9 Å². The van der Waals surface area contributed by atoms with Crippen molar-refractivity contribution in [3.05, 3.63) is 95.9 Å². The van der Waals surface area contributed by atoms with Crippen LogP contribution in [0.1, 0.15) is 12.5 Å². The molecule has 0 saturated carbocycles. The highest BCUT2D eigenvalue weighted by molar-refractivity contribution is 6.46. The average molecular weight is 402 g/mol. The average Bonchev–Trinajstić information content (AvgIpc) is 3.00. The molecule has 150 valence electrons. The summed E-state index contributed by atoms with van der Waals surface area (Å²) in [6.45, 7) is 2.31. The molecule has 1 aliphatic heterocycles. The van der Waals surface area contributed by atoms with Crippen molar-refractivity contribution in [3.8, 4) is 5.75 Å². The number of nitrogens with zero attached hydrogens (tertiary/aromatic N) is 1. The smallest absolute Gasteiger partial charge is 0.282 e. The summed E-state index contributed by atoms with van der Waals surface area (Å²) in [6.07, 6.45) is 0. The van der Waals surface area contributed by atoms with Gasteiger partial charge in [0.05, 0.1) is 23.6 Å². The number of hydrogen-bond donors (Lipinski definition) is 1. The fourth-order valence-corrected chi connectivity index (χ4v) is 3.33. The molecule has 1 N–H and O–H groups in total. The van der Waals surface area contributed by atoms with Crippen LogP contribution >= 0.6 is 0 Å². The quantitative estimate of drug-likeness (QED) is 0.611. The highest BCUT2D eigenvalue weighted by atomic mass is 19.1. The van der Waals surface area contributed by atoms with Gasteiger partial charge < -0.3 is 10.1 Å². The molecule has 6 heteroatoms. The number of halogens is 1. The van der Waals surface area contributed by atoms with Gasteiger partial charge in [-0.2, -0.15) is 0 Å². The summed E-state index contributed by atoms with van der Waals surface area (Å²) < 4.78 is 19.1. The van der Waals surface area contributed by atoms with Crippen LogP contribution in [0.2, 0.25) is 0 Å². The third-order valence-corrected chi connectivity index (χ3v) is 4.68. The Balaban J connectivity index is 1.82. The summed E-state index contributed by atoms with van der Waals surface area (Å²) in [5.41, 5.74) is 1.76. The zero-order chi connectivity index (χ0) is 21.1. The van der Waals surface area contributed by atoms with Crippen LogP contribution < -0.4 is 15.0 Å². The summed E-state index contributed by atoms with van der Waals surface area (Å²) in [5, 5.41) is 3.09. The number of anilines is 2. The minimum Gasteiger partial charge on any atom is -0.492 e. The topological polar surface area (TPSA) is 58.6 Å². The lowest BCUT2D eigenvalue weighted by Crippen LogP contribution is -2.32. The number of amides is 2. The number of benzene rings is 3. The summed E-state index contributed by atoms with van der Waals surface area (Å²) in [5.74, 6) is -0.831. The fourth-order valence-electron chi connectivity index (χ4n) is 3.33. The van der Waals surface area contributed by atoms with Crippen molar-refractivity contribution in [3.63, 3.8) is 0 Å². The first-order chi connectivity index (χ1) is 14.6. The summed E-state index contributed by atoms with van der Waals surface area (Å²) in [6, 6.07) is 21.4. The van der Waals surface area contributed by atoms with E-state index in [0.717, 1.165) is 4.90 Å². The van der Waals surface area contributed by atoms with E-state index in [1.54, 1.807) is 48.5 Å². The first-order valence-corrected chi connectivity index (χ1v) is 9.53. The van der Waals surface area contributed by atoms with E-state index in [4.69, 9.17) is 4.74 Å². The lowest BCUT2D eigenvalue weighted by atomic mass is 10.0. The first-order valence-electron chi connectivity index (χ1n) is 9.53. The zero-order valence-electron chi connectivity index (χ0n) is 16.3. The van der Waals surface area contributed by atoms with Crippen LogP contribution in [0.3, 0.4) is 0 Å². The molecule has 0 aliphatic carbocycles. The molecule has 1 heterocycles. The monoisotopic (exact) mass is 402 g/mol. The van der Waals surface area contributed by atoms with Crippen LogP contribution in [0, 0.1) is 5.82 Å². The number of rotatable bonds is 6. The highest BCUT2D eigenvalue weighted by Gasteiger charge is 2.40. The van der Waals surface area contributed by atoms with Crippen molar-refractivity contribution < 1.29 is 18.7 Å². The van der Waals surface area contributed by atoms with E-state index in [1.165, 1.54) is 24.3 Å². The molecular weight excluding hydrogens is 383 g/mol. The third kappa shape index (κ3) is 3.55. The van der Waals surface area contributed by atoms with Crippen molar-refractivity contribution in [2.45, 2.75) is 6.92 Å². The predicted octanol–water partition coefficient (Wildman–Crippen LogP) is 4.62. The maximum Gasteiger partial charge on any atom is 0.282 e. The Hall–Kier alpha value is -3.93. The second-order valence-electron chi connectivity index (χ2n) is 6.59. The molecule has 1 aliphatic rings. The van der Waals surface area contributed by atoms with Gasteiger partial charge in [-0.1, -0.05) is 42.5 Å². The SMILES string of the molecule is CCOc1ccccc1NC1=C(c2ccc(F)cc2)C(=O)N(c2ccccc2)C1=O. The number of carbonyl (C=O) groups is 2. The minimum absolute atomic E-state index is 0.114. The fraction of sp³-hybridized carbons (Fsp3) is 0.0833. The number of hydrogen-bond acceptors (Lipinski definition) is 4. The maximum absolute atomic E-state index is 13.5. The number of ether oxygens (including phenoxy) is 1. The van der Waals surface area contributed by atoms with E-state index < -0.39 is 17.6 Å². The van der Waals surface area contributed by atoms with Gasteiger partial charge in [0.15, 0.2) is 0 Å². The molecule has 3 aromatic rings. The third-order valence-electron chi connectivity index (χ3n) is 4.68. The predicted molar refractivity (Wildman–Crippen MR) is 113 cm³/mol. The molecule has 0 saturated heterocycles. The van der Waals surface area contributed by atoms with Gasteiger partial charge in [0.25, 0.3) is 11.8 Å². The second-order valence-corrected chi connectivity index (χ2v) is 6.59. The van der Waals surface area contributed by atoms with E-state index in [9.17, 15) is 14.0 Å². The highest BCUT2D eigenvalue weighted by Crippen LogP contribution is 2.35. The van der Waals surface area contributed by atoms with Crippen LogP contribution in [-0.2, 0) is 9.59 Å².